The lowest BCUT2D eigenvalue weighted by molar-refractivity contribution is -0.127. The van der Waals surface area contributed by atoms with Gasteiger partial charge in [-0.05, 0) is 26.0 Å². The third-order valence-corrected chi connectivity index (χ3v) is 3.10. The molecule has 0 bridgehead atoms. The van der Waals surface area contributed by atoms with E-state index in [-0.39, 0.29) is 18.1 Å². The molecule has 0 saturated carbocycles. The summed E-state index contributed by atoms with van der Waals surface area (Å²) < 4.78 is 10.3. The fraction of sp³-hybridized carbons (Fsp3) is 0.250. The molecule has 1 heterocycles. The Kier molecular flexibility index (Phi) is 4.76. The van der Waals surface area contributed by atoms with Crippen molar-refractivity contribution in [2.45, 2.75) is 13.8 Å². The van der Waals surface area contributed by atoms with Crippen LogP contribution in [0.25, 0.3) is 11.0 Å². The molecule has 118 valence electrons. The van der Waals surface area contributed by atoms with E-state index in [2.05, 4.69) is 5.32 Å². The van der Waals surface area contributed by atoms with Gasteiger partial charge in [-0.15, -0.1) is 0 Å². The largest absolute Gasteiger partial charge is 0.460 e. The molecule has 1 atom stereocenters. The Morgan fingerprint density at radius 2 is 2.04 bits per heavy atom. The number of amides is 1. The number of anilines is 1. The maximum Gasteiger partial charge on any atom is 0.376 e. The summed E-state index contributed by atoms with van der Waals surface area (Å²) in [6.07, 6.45) is 0. The Hall–Kier alpha value is -3.14. The predicted octanol–water partition coefficient (Wildman–Crippen LogP) is 2.28. The van der Waals surface area contributed by atoms with Crippen molar-refractivity contribution in [1.82, 2.24) is 0 Å². The molecule has 1 unspecified atom stereocenters. The molecule has 0 aliphatic heterocycles. The molecule has 0 radical (unpaired) electrons. The predicted molar refractivity (Wildman–Crippen MR) is 80.6 cm³/mol. The van der Waals surface area contributed by atoms with Crippen molar-refractivity contribution in [2.24, 2.45) is 5.92 Å². The normalized spacial score (nSPS) is 11.5. The van der Waals surface area contributed by atoms with Gasteiger partial charge >= 0.3 is 5.97 Å². The molecule has 0 fully saturated rings. The topological polar surface area (TPSA) is 109 Å². The smallest absolute Gasteiger partial charge is 0.376 e. The van der Waals surface area contributed by atoms with E-state index in [1.165, 1.54) is 0 Å². The van der Waals surface area contributed by atoms with Crippen LogP contribution in [0, 0.1) is 17.2 Å². The molecule has 7 heteroatoms. The van der Waals surface area contributed by atoms with E-state index in [4.69, 9.17) is 14.4 Å². The molecule has 1 amide bonds. The second kappa shape index (κ2) is 6.75. The van der Waals surface area contributed by atoms with Gasteiger partial charge in [0.25, 0.3) is 0 Å². The van der Waals surface area contributed by atoms with Gasteiger partial charge in [0.2, 0.25) is 11.7 Å². The summed E-state index contributed by atoms with van der Waals surface area (Å²) in [4.78, 5) is 35.4. The third-order valence-electron chi connectivity index (χ3n) is 3.10. The van der Waals surface area contributed by atoms with Gasteiger partial charge in [-0.3, -0.25) is 9.59 Å². The molecule has 1 N–H and O–H groups in total. The first-order valence-electron chi connectivity index (χ1n) is 6.89. The van der Waals surface area contributed by atoms with Gasteiger partial charge in [-0.1, -0.05) is 12.1 Å². The highest BCUT2D eigenvalue weighted by Crippen LogP contribution is 2.31. The summed E-state index contributed by atoms with van der Waals surface area (Å²) >= 11 is 0. The Morgan fingerprint density at radius 1 is 1.35 bits per heavy atom. The maximum atomic E-state index is 12.1. The Bertz CT molecular complexity index is 815. The zero-order chi connectivity index (χ0) is 17.0. The van der Waals surface area contributed by atoms with Crippen molar-refractivity contribution in [3.8, 4) is 6.07 Å². The van der Waals surface area contributed by atoms with E-state index >= 15 is 0 Å². The molecule has 2 aromatic rings. The van der Waals surface area contributed by atoms with Crippen molar-refractivity contribution < 1.29 is 23.5 Å². The van der Waals surface area contributed by atoms with Crippen LogP contribution in [-0.4, -0.2) is 24.3 Å². The lowest BCUT2D eigenvalue weighted by Crippen LogP contribution is -2.27. The summed E-state index contributed by atoms with van der Waals surface area (Å²) in [6.45, 7) is 2.92. The van der Waals surface area contributed by atoms with Crippen LogP contribution in [0.2, 0.25) is 0 Å². The van der Waals surface area contributed by atoms with E-state index in [0.717, 1.165) is 6.92 Å². The minimum Gasteiger partial charge on any atom is -0.460 e. The van der Waals surface area contributed by atoms with Crippen molar-refractivity contribution >= 4 is 34.3 Å². The van der Waals surface area contributed by atoms with Crippen molar-refractivity contribution in [3.05, 3.63) is 30.0 Å². The first-order chi connectivity index (χ1) is 11.0. The Labute approximate surface area is 131 Å². The number of nitrogens with zero attached hydrogens (tertiary/aromatic N) is 1. The molecule has 1 aromatic carbocycles. The summed E-state index contributed by atoms with van der Waals surface area (Å²) in [5, 5.41) is 11.8. The van der Waals surface area contributed by atoms with Gasteiger partial charge in [0.05, 0.1) is 12.7 Å². The molecule has 0 aliphatic rings. The van der Waals surface area contributed by atoms with Crippen LogP contribution in [0.3, 0.4) is 0 Å². The summed E-state index contributed by atoms with van der Waals surface area (Å²) in [5.74, 6) is -3.79. The number of ketones is 1. The van der Waals surface area contributed by atoms with Crippen LogP contribution in [0.5, 0.6) is 0 Å². The van der Waals surface area contributed by atoms with Crippen LogP contribution in [0.1, 0.15) is 24.4 Å². The van der Waals surface area contributed by atoms with E-state index in [1.807, 2.05) is 0 Å². The number of para-hydroxylation sites is 1. The number of carbonyl (C=O) groups is 3. The maximum absolute atomic E-state index is 12.1. The van der Waals surface area contributed by atoms with Crippen LogP contribution >= 0.6 is 0 Å². The lowest BCUT2D eigenvalue weighted by atomic mass is 10.1. The fourth-order valence-corrected chi connectivity index (χ4v) is 2.04. The molecule has 0 saturated heterocycles. The zero-order valence-electron chi connectivity index (χ0n) is 12.6. The highest BCUT2D eigenvalue weighted by atomic mass is 16.5. The molecular weight excluding hydrogens is 300 g/mol. The number of esters is 1. The minimum atomic E-state index is -1.46. The van der Waals surface area contributed by atoms with E-state index in [9.17, 15) is 14.4 Å². The second-order valence-corrected chi connectivity index (χ2v) is 4.68. The van der Waals surface area contributed by atoms with Gasteiger partial charge in [0.15, 0.2) is 11.7 Å². The number of nitriles is 1. The SMILES string of the molecule is CCOC(=O)c1oc2ccccc2c1NC(=O)C(C#N)C(C)=O. The number of hydrogen-bond donors (Lipinski definition) is 1. The quantitative estimate of drug-likeness (QED) is 0.669. The van der Waals surface area contributed by atoms with Crippen LogP contribution in [0.4, 0.5) is 5.69 Å². The summed E-state index contributed by atoms with van der Waals surface area (Å²) in [5.41, 5.74) is 0.465. The summed E-state index contributed by atoms with van der Waals surface area (Å²) in [7, 11) is 0. The molecule has 23 heavy (non-hydrogen) atoms. The van der Waals surface area contributed by atoms with E-state index < -0.39 is 23.6 Å². The van der Waals surface area contributed by atoms with Crippen LogP contribution in [0.15, 0.2) is 28.7 Å². The van der Waals surface area contributed by atoms with Crippen LogP contribution in [-0.2, 0) is 14.3 Å². The number of fused-ring (bicyclic) bond motifs is 1. The number of nitrogens with one attached hydrogen (secondary N) is 1. The first kappa shape index (κ1) is 16.2. The van der Waals surface area contributed by atoms with Gasteiger partial charge < -0.3 is 14.5 Å². The molecule has 7 nitrogen and oxygen atoms in total. The number of ether oxygens (including phenoxy) is 1. The number of benzene rings is 1. The van der Waals surface area contributed by atoms with E-state index in [0.29, 0.717) is 11.0 Å². The lowest BCUT2D eigenvalue weighted by Gasteiger charge is -2.08. The average Bonchev–Trinajstić information content (AvgIpc) is 2.87. The highest BCUT2D eigenvalue weighted by Gasteiger charge is 2.28. The summed E-state index contributed by atoms with van der Waals surface area (Å²) in [6, 6.07) is 8.31. The third kappa shape index (κ3) is 3.21. The second-order valence-electron chi connectivity index (χ2n) is 4.68. The standard InChI is InChI=1S/C16H14N2O5/c1-3-22-16(21)14-13(10-6-4-5-7-12(10)23-14)18-15(20)11(8-17)9(2)19/h4-7,11H,3H2,1-2H3,(H,18,20). The van der Waals surface area contributed by atoms with Crippen molar-refractivity contribution in [3.63, 3.8) is 0 Å². The Balaban J connectivity index is 2.47. The number of carbonyl (C=O) groups excluding carboxylic acids is 3. The zero-order valence-corrected chi connectivity index (χ0v) is 12.6. The average molecular weight is 314 g/mol. The molecule has 2 rings (SSSR count). The highest BCUT2D eigenvalue weighted by molar-refractivity contribution is 6.14. The van der Waals surface area contributed by atoms with E-state index in [1.54, 1.807) is 37.3 Å². The van der Waals surface area contributed by atoms with Gasteiger partial charge in [0, 0.05) is 5.39 Å². The number of furan rings is 1. The number of hydrogen-bond acceptors (Lipinski definition) is 6. The Morgan fingerprint density at radius 3 is 2.65 bits per heavy atom. The van der Waals surface area contributed by atoms with Crippen LogP contribution < -0.4 is 5.32 Å². The van der Waals surface area contributed by atoms with Gasteiger partial charge in [0.1, 0.15) is 11.3 Å². The van der Waals surface area contributed by atoms with Crippen molar-refractivity contribution in [2.75, 3.05) is 11.9 Å². The fourth-order valence-electron chi connectivity index (χ4n) is 2.04. The van der Waals surface area contributed by atoms with Gasteiger partial charge in [-0.25, -0.2) is 4.79 Å². The molecular formula is C16H14N2O5. The molecule has 1 aromatic heterocycles. The van der Waals surface area contributed by atoms with Gasteiger partial charge in [-0.2, -0.15) is 5.26 Å². The minimum absolute atomic E-state index is 0.0885. The number of rotatable bonds is 5. The molecule has 0 spiro atoms. The monoisotopic (exact) mass is 314 g/mol. The number of Topliss-reactive ketones (excluding diaryl/α,β-unsaturated/α-hetero) is 1. The molecule has 0 aliphatic carbocycles. The van der Waals surface area contributed by atoms with Crippen molar-refractivity contribution in [1.29, 1.82) is 5.26 Å². The first-order valence-corrected chi connectivity index (χ1v) is 6.89.